The van der Waals surface area contributed by atoms with Crippen molar-refractivity contribution in [2.75, 3.05) is 19.6 Å². The average Bonchev–Trinajstić information content (AvgIpc) is 2.62. The van der Waals surface area contributed by atoms with Gasteiger partial charge in [0.15, 0.2) is 0 Å². The highest BCUT2D eigenvalue weighted by atomic mass is 16.2. The van der Waals surface area contributed by atoms with E-state index in [-0.39, 0.29) is 11.9 Å². The lowest BCUT2D eigenvalue weighted by molar-refractivity contribution is -0.132. The first-order valence-corrected chi connectivity index (χ1v) is 6.67. The second-order valence-electron chi connectivity index (χ2n) is 4.59. The highest BCUT2D eigenvalue weighted by molar-refractivity contribution is 5.81. The maximum Gasteiger partial charge on any atom is 0.239 e. The first-order chi connectivity index (χ1) is 8.25. The lowest BCUT2D eigenvalue weighted by Gasteiger charge is -2.24. The van der Waals surface area contributed by atoms with E-state index in [1.54, 1.807) is 0 Å². The van der Waals surface area contributed by atoms with Crippen LogP contribution in [0.5, 0.6) is 0 Å². The molecule has 0 aromatic heterocycles. The number of nitrogens with one attached hydrogen (secondary N) is 1. The van der Waals surface area contributed by atoms with Crippen LogP contribution < -0.4 is 5.32 Å². The topological polar surface area (TPSA) is 32.3 Å². The van der Waals surface area contributed by atoms with Crippen LogP contribution in [0.2, 0.25) is 0 Å². The summed E-state index contributed by atoms with van der Waals surface area (Å²) in [5.74, 6) is 6.10. The van der Waals surface area contributed by atoms with Crippen molar-refractivity contribution in [1.29, 1.82) is 0 Å². The summed E-state index contributed by atoms with van der Waals surface area (Å²) in [7, 11) is 0. The van der Waals surface area contributed by atoms with E-state index in [0.717, 1.165) is 38.9 Å². The predicted octanol–water partition coefficient (Wildman–Crippen LogP) is 1.78. The molecule has 1 aliphatic rings. The van der Waals surface area contributed by atoms with Gasteiger partial charge < -0.3 is 10.2 Å². The Morgan fingerprint density at radius 3 is 2.53 bits per heavy atom. The van der Waals surface area contributed by atoms with Gasteiger partial charge >= 0.3 is 0 Å². The molecule has 96 valence electrons. The number of rotatable bonds is 4. The van der Waals surface area contributed by atoms with E-state index in [4.69, 9.17) is 0 Å². The third kappa shape index (κ3) is 5.23. The summed E-state index contributed by atoms with van der Waals surface area (Å²) < 4.78 is 0. The van der Waals surface area contributed by atoms with Crippen molar-refractivity contribution in [3.8, 4) is 11.8 Å². The minimum Gasteiger partial charge on any atom is -0.341 e. The molecule has 0 aromatic rings. The summed E-state index contributed by atoms with van der Waals surface area (Å²) in [5.41, 5.74) is 0. The second-order valence-corrected chi connectivity index (χ2v) is 4.59. The number of amides is 1. The first-order valence-electron chi connectivity index (χ1n) is 6.67. The smallest absolute Gasteiger partial charge is 0.239 e. The quantitative estimate of drug-likeness (QED) is 0.596. The molecule has 1 N–H and O–H groups in total. The molecule has 17 heavy (non-hydrogen) atoms. The van der Waals surface area contributed by atoms with Gasteiger partial charge in [0.25, 0.3) is 0 Å². The molecule has 0 bridgehead atoms. The van der Waals surface area contributed by atoms with E-state index in [0.29, 0.717) is 0 Å². The molecular formula is C14H24N2O. The molecular weight excluding hydrogens is 212 g/mol. The van der Waals surface area contributed by atoms with Crippen LogP contribution in [-0.4, -0.2) is 36.5 Å². The van der Waals surface area contributed by atoms with Crippen molar-refractivity contribution >= 4 is 5.91 Å². The highest BCUT2D eigenvalue weighted by Crippen LogP contribution is 2.10. The van der Waals surface area contributed by atoms with Gasteiger partial charge in [0.2, 0.25) is 5.91 Å². The van der Waals surface area contributed by atoms with Gasteiger partial charge in [0.05, 0.1) is 6.04 Å². The van der Waals surface area contributed by atoms with Gasteiger partial charge in [-0.15, -0.1) is 11.8 Å². The van der Waals surface area contributed by atoms with Crippen molar-refractivity contribution < 1.29 is 4.79 Å². The zero-order chi connectivity index (χ0) is 12.5. The van der Waals surface area contributed by atoms with Gasteiger partial charge in [0.1, 0.15) is 0 Å². The zero-order valence-electron chi connectivity index (χ0n) is 11.1. The maximum absolute atomic E-state index is 12.1. The Balaban J connectivity index is 2.30. The molecule has 1 amide bonds. The molecule has 1 atom stereocenters. The van der Waals surface area contributed by atoms with Gasteiger partial charge in [-0.1, -0.05) is 12.8 Å². The normalized spacial score (nSPS) is 17.9. The molecule has 3 heteroatoms. The van der Waals surface area contributed by atoms with Crippen LogP contribution in [0.4, 0.5) is 0 Å². The number of nitrogens with zero attached hydrogens (tertiary/aromatic N) is 1. The van der Waals surface area contributed by atoms with Gasteiger partial charge in [-0.05, 0) is 26.7 Å². The first kappa shape index (κ1) is 14.1. The Morgan fingerprint density at radius 2 is 1.94 bits per heavy atom. The Morgan fingerprint density at radius 1 is 1.29 bits per heavy atom. The van der Waals surface area contributed by atoms with Crippen LogP contribution in [0.1, 0.15) is 46.0 Å². The minimum absolute atomic E-state index is 0.0771. The molecule has 0 saturated carbocycles. The predicted molar refractivity (Wildman–Crippen MR) is 70.6 cm³/mol. The van der Waals surface area contributed by atoms with Gasteiger partial charge in [-0.25, -0.2) is 0 Å². The summed E-state index contributed by atoms with van der Waals surface area (Å²) in [5, 5.41) is 3.24. The van der Waals surface area contributed by atoms with Crippen LogP contribution in [0.15, 0.2) is 0 Å². The molecule has 0 aliphatic carbocycles. The van der Waals surface area contributed by atoms with E-state index >= 15 is 0 Å². The third-order valence-corrected chi connectivity index (χ3v) is 3.17. The molecule has 1 saturated heterocycles. The number of hydrogen-bond acceptors (Lipinski definition) is 2. The van der Waals surface area contributed by atoms with Gasteiger partial charge in [-0.2, -0.15) is 0 Å². The molecule has 1 fully saturated rings. The molecule has 0 aromatic carbocycles. The van der Waals surface area contributed by atoms with Crippen LogP contribution in [0, 0.1) is 11.8 Å². The Kier molecular flexibility index (Phi) is 6.73. The van der Waals surface area contributed by atoms with Crippen molar-refractivity contribution in [2.24, 2.45) is 0 Å². The Hall–Kier alpha value is -1.01. The fourth-order valence-corrected chi connectivity index (χ4v) is 2.13. The van der Waals surface area contributed by atoms with E-state index in [1.165, 1.54) is 12.8 Å². The molecule has 0 spiro atoms. The number of carbonyl (C=O) groups is 1. The van der Waals surface area contributed by atoms with Crippen molar-refractivity contribution in [1.82, 2.24) is 10.2 Å². The molecule has 1 heterocycles. The zero-order valence-corrected chi connectivity index (χ0v) is 11.1. The monoisotopic (exact) mass is 236 g/mol. The van der Waals surface area contributed by atoms with Crippen LogP contribution in [0.3, 0.4) is 0 Å². The van der Waals surface area contributed by atoms with Crippen molar-refractivity contribution in [2.45, 2.75) is 52.0 Å². The Bertz CT molecular complexity index is 282. The summed E-state index contributed by atoms with van der Waals surface area (Å²) in [6, 6.07) is -0.0771. The van der Waals surface area contributed by atoms with Gasteiger partial charge in [0, 0.05) is 26.1 Å². The van der Waals surface area contributed by atoms with Gasteiger partial charge in [-0.3, -0.25) is 4.79 Å². The minimum atomic E-state index is -0.0771. The highest BCUT2D eigenvalue weighted by Gasteiger charge is 2.20. The van der Waals surface area contributed by atoms with Crippen LogP contribution >= 0.6 is 0 Å². The summed E-state index contributed by atoms with van der Waals surface area (Å²) in [6.07, 6.45) is 5.64. The van der Waals surface area contributed by atoms with E-state index in [9.17, 15) is 4.79 Å². The fraction of sp³-hybridized carbons (Fsp3) is 0.786. The van der Waals surface area contributed by atoms with Crippen molar-refractivity contribution in [3.05, 3.63) is 0 Å². The fourth-order valence-electron chi connectivity index (χ4n) is 2.13. The Labute approximate surface area is 105 Å². The molecule has 1 unspecified atom stereocenters. The van der Waals surface area contributed by atoms with E-state index in [1.807, 2.05) is 18.7 Å². The van der Waals surface area contributed by atoms with E-state index in [2.05, 4.69) is 17.2 Å². The van der Waals surface area contributed by atoms with Crippen LogP contribution in [-0.2, 0) is 4.79 Å². The molecule has 1 rings (SSSR count). The number of hydrogen-bond donors (Lipinski definition) is 1. The number of likely N-dealkylation sites (tertiary alicyclic amines) is 1. The molecule has 1 aliphatic heterocycles. The lowest BCUT2D eigenvalue weighted by Crippen LogP contribution is -2.45. The SMILES string of the molecule is CC#CCCNC(C)C(=O)N1CCCCCC1. The van der Waals surface area contributed by atoms with Crippen molar-refractivity contribution in [3.63, 3.8) is 0 Å². The number of carbonyl (C=O) groups excluding carboxylic acids is 1. The summed E-state index contributed by atoms with van der Waals surface area (Å²) >= 11 is 0. The summed E-state index contributed by atoms with van der Waals surface area (Å²) in [4.78, 5) is 14.2. The standard InChI is InChI=1S/C14H24N2O/c1-3-4-7-10-15-13(2)14(17)16-11-8-5-6-9-12-16/h13,15H,5-12H2,1-2H3. The third-order valence-electron chi connectivity index (χ3n) is 3.17. The largest absolute Gasteiger partial charge is 0.341 e. The summed E-state index contributed by atoms with van der Waals surface area (Å²) in [6.45, 7) is 6.44. The lowest BCUT2D eigenvalue weighted by atomic mass is 10.2. The molecule has 3 nitrogen and oxygen atoms in total. The second kappa shape index (κ2) is 8.14. The van der Waals surface area contributed by atoms with E-state index < -0.39 is 0 Å². The average molecular weight is 236 g/mol. The maximum atomic E-state index is 12.1. The molecule has 0 radical (unpaired) electrons. The van der Waals surface area contributed by atoms with Crippen LogP contribution in [0.25, 0.3) is 0 Å².